The Morgan fingerprint density at radius 3 is 2.21 bits per heavy atom. The summed E-state index contributed by atoms with van der Waals surface area (Å²) in [6.07, 6.45) is 1.19. The Labute approximate surface area is 87.5 Å². The standard InChI is InChI=1S/C13H21N/c1-5-13(11(3)14-4)12-8-6-10(2)7-9-12/h6-9,11,13-14H,5H2,1-4H3. The van der Waals surface area contributed by atoms with Crippen LogP contribution in [-0.4, -0.2) is 13.1 Å². The van der Waals surface area contributed by atoms with Crippen LogP contribution in [0.4, 0.5) is 0 Å². The van der Waals surface area contributed by atoms with Crippen molar-refractivity contribution in [2.75, 3.05) is 7.05 Å². The van der Waals surface area contributed by atoms with Crippen LogP contribution in [0.5, 0.6) is 0 Å². The zero-order valence-corrected chi connectivity index (χ0v) is 9.67. The SMILES string of the molecule is CCC(c1ccc(C)cc1)C(C)NC. The van der Waals surface area contributed by atoms with E-state index in [-0.39, 0.29) is 0 Å². The van der Waals surface area contributed by atoms with Crippen molar-refractivity contribution in [3.8, 4) is 0 Å². The second kappa shape index (κ2) is 5.16. The fraction of sp³-hybridized carbons (Fsp3) is 0.538. The predicted molar refractivity (Wildman–Crippen MR) is 62.7 cm³/mol. The van der Waals surface area contributed by atoms with Crippen LogP contribution in [0, 0.1) is 6.92 Å². The van der Waals surface area contributed by atoms with E-state index in [1.54, 1.807) is 0 Å². The highest BCUT2D eigenvalue weighted by molar-refractivity contribution is 5.25. The van der Waals surface area contributed by atoms with Crippen molar-refractivity contribution in [2.45, 2.75) is 39.2 Å². The van der Waals surface area contributed by atoms with Gasteiger partial charge in [-0.05, 0) is 38.8 Å². The largest absolute Gasteiger partial charge is 0.317 e. The average molecular weight is 191 g/mol. The molecule has 1 nitrogen and oxygen atoms in total. The quantitative estimate of drug-likeness (QED) is 0.771. The fourth-order valence-electron chi connectivity index (χ4n) is 1.89. The van der Waals surface area contributed by atoms with Gasteiger partial charge in [0.05, 0.1) is 0 Å². The monoisotopic (exact) mass is 191 g/mol. The van der Waals surface area contributed by atoms with Crippen LogP contribution in [0.25, 0.3) is 0 Å². The third kappa shape index (κ3) is 2.58. The number of benzene rings is 1. The highest BCUT2D eigenvalue weighted by Gasteiger charge is 2.15. The summed E-state index contributed by atoms with van der Waals surface area (Å²) in [4.78, 5) is 0. The number of hydrogen-bond donors (Lipinski definition) is 1. The highest BCUT2D eigenvalue weighted by Crippen LogP contribution is 2.23. The second-order valence-electron chi connectivity index (χ2n) is 4.00. The first-order chi connectivity index (χ1) is 6.69. The van der Waals surface area contributed by atoms with Gasteiger partial charge in [-0.25, -0.2) is 0 Å². The second-order valence-corrected chi connectivity index (χ2v) is 4.00. The summed E-state index contributed by atoms with van der Waals surface area (Å²) in [5, 5.41) is 3.33. The molecular weight excluding hydrogens is 170 g/mol. The van der Waals surface area contributed by atoms with Crippen molar-refractivity contribution in [1.29, 1.82) is 0 Å². The van der Waals surface area contributed by atoms with Crippen molar-refractivity contribution in [3.05, 3.63) is 35.4 Å². The van der Waals surface area contributed by atoms with Gasteiger partial charge in [0, 0.05) is 6.04 Å². The smallest absolute Gasteiger partial charge is 0.0104 e. The van der Waals surface area contributed by atoms with E-state index < -0.39 is 0 Å². The minimum atomic E-state index is 0.544. The van der Waals surface area contributed by atoms with E-state index in [0.29, 0.717) is 12.0 Å². The van der Waals surface area contributed by atoms with E-state index in [0.717, 1.165) is 0 Å². The van der Waals surface area contributed by atoms with Crippen molar-refractivity contribution in [1.82, 2.24) is 5.32 Å². The molecule has 1 rings (SSSR count). The van der Waals surface area contributed by atoms with E-state index in [2.05, 4.69) is 50.4 Å². The Morgan fingerprint density at radius 1 is 1.21 bits per heavy atom. The first-order valence-electron chi connectivity index (χ1n) is 5.42. The minimum absolute atomic E-state index is 0.544. The van der Waals surface area contributed by atoms with E-state index in [9.17, 15) is 0 Å². The average Bonchev–Trinajstić information content (AvgIpc) is 2.21. The number of aryl methyl sites for hydroxylation is 1. The fourth-order valence-corrected chi connectivity index (χ4v) is 1.89. The molecule has 14 heavy (non-hydrogen) atoms. The normalized spacial score (nSPS) is 15.1. The summed E-state index contributed by atoms with van der Waals surface area (Å²) in [5.74, 6) is 0.626. The maximum Gasteiger partial charge on any atom is 0.0104 e. The third-order valence-corrected chi connectivity index (χ3v) is 3.00. The summed E-state index contributed by atoms with van der Waals surface area (Å²) in [6.45, 7) is 6.62. The van der Waals surface area contributed by atoms with E-state index >= 15 is 0 Å². The van der Waals surface area contributed by atoms with Crippen LogP contribution in [0.3, 0.4) is 0 Å². The number of nitrogens with one attached hydrogen (secondary N) is 1. The van der Waals surface area contributed by atoms with Crippen LogP contribution in [-0.2, 0) is 0 Å². The van der Waals surface area contributed by atoms with Crippen molar-refractivity contribution in [3.63, 3.8) is 0 Å². The summed E-state index contributed by atoms with van der Waals surface area (Å²) >= 11 is 0. The van der Waals surface area contributed by atoms with E-state index in [1.165, 1.54) is 17.5 Å². The molecule has 0 radical (unpaired) electrons. The zero-order chi connectivity index (χ0) is 10.6. The van der Waals surface area contributed by atoms with Gasteiger partial charge >= 0.3 is 0 Å². The van der Waals surface area contributed by atoms with Gasteiger partial charge in [-0.1, -0.05) is 36.8 Å². The molecule has 2 unspecified atom stereocenters. The predicted octanol–water partition coefficient (Wildman–Crippen LogP) is 3.10. The Bertz CT molecular complexity index is 263. The Kier molecular flexibility index (Phi) is 4.15. The Hall–Kier alpha value is -0.820. The molecule has 1 heteroatoms. The van der Waals surface area contributed by atoms with Crippen molar-refractivity contribution >= 4 is 0 Å². The molecule has 78 valence electrons. The van der Waals surface area contributed by atoms with E-state index in [1.807, 2.05) is 7.05 Å². The topological polar surface area (TPSA) is 12.0 Å². The van der Waals surface area contributed by atoms with E-state index in [4.69, 9.17) is 0 Å². The first-order valence-corrected chi connectivity index (χ1v) is 5.42. The molecule has 0 aliphatic heterocycles. The summed E-state index contributed by atoms with van der Waals surface area (Å²) in [5.41, 5.74) is 2.78. The van der Waals surface area contributed by atoms with Crippen molar-refractivity contribution < 1.29 is 0 Å². The highest BCUT2D eigenvalue weighted by atomic mass is 14.9. The van der Waals surface area contributed by atoms with Gasteiger partial charge in [0.15, 0.2) is 0 Å². The molecule has 1 aromatic carbocycles. The van der Waals surface area contributed by atoms with Gasteiger partial charge in [-0.2, -0.15) is 0 Å². The molecule has 0 aliphatic rings. The van der Waals surface area contributed by atoms with Gasteiger partial charge in [0.1, 0.15) is 0 Å². The van der Waals surface area contributed by atoms with Gasteiger partial charge < -0.3 is 5.32 Å². The van der Waals surface area contributed by atoms with Gasteiger partial charge in [-0.15, -0.1) is 0 Å². The Morgan fingerprint density at radius 2 is 1.79 bits per heavy atom. The molecule has 0 saturated carbocycles. The molecule has 0 bridgehead atoms. The van der Waals surface area contributed by atoms with Crippen LogP contribution in [0.15, 0.2) is 24.3 Å². The molecule has 0 aromatic heterocycles. The molecule has 0 aliphatic carbocycles. The maximum absolute atomic E-state index is 3.33. The van der Waals surface area contributed by atoms with Gasteiger partial charge in [-0.3, -0.25) is 0 Å². The minimum Gasteiger partial charge on any atom is -0.317 e. The summed E-state index contributed by atoms with van der Waals surface area (Å²) in [7, 11) is 2.03. The van der Waals surface area contributed by atoms with Gasteiger partial charge in [0.25, 0.3) is 0 Å². The van der Waals surface area contributed by atoms with Crippen molar-refractivity contribution in [2.24, 2.45) is 0 Å². The lowest BCUT2D eigenvalue weighted by Gasteiger charge is -2.22. The van der Waals surface area contributed by atoms with Crippen LogP contribution in [0.1, 0.15) is 37.3 Å². The molecule has 0 amide bonds. The molecule has 2 atom stereocenters. The van der Waals surface area contributed by atoms with Gasteiger partial charge in [0.2, 0.25) is 0 Å². The lowest BCUT2D eigenvalue weighted by Crippen LogP contribution is -2.28. The lowest BCUT2D eigenvalue weighted by atomic mass is 9.90. The summed E-state index contributed by atoms with van der Waals surface area (Å²) < 4.78 is 0. The number of likely N-dealkylation sites (N-methyl/N-ethyl adjacent to an activating group) is 1. The number of rotatable bonds is 4. The molecule has 1 aromatic rings. The molecular formula is C13H21N. The zero-order valence-electron chi connectivity index (χ0n) is 9.67. The van der Waals surface area contributed by atoms with Crippen LogP contribution < -0.4 is 5.32 Å². The first kappa shape index (κ1) is 11.3. The molecule has 0 fully saturated rings. The molecule has 0 heterocycles. The molecule has 1 N–H and O–H groups in total. The Balaban J connectivity index is 2.84. The molecule has 0 spiro atoms. The van der Waals surface area contributed by atoms with Crippen LogP contribution in [0.2, 0.25) is 0 Å². The lowest BCUT2D eigenvalue weighted by molar-refractivity contribution is 0.483. The maximum atomic E-state index is 3.33. The van der Waals surface area contributed by atoms with Crippen LogP contribution >= 0.6 is 0 Å². The molecule has 0 saturated heterocycles. The third-order valence-electron chi connectivity index (χ3n) is 3.00. The number of hydrogen-bond acceptors (Lipinski definition) is 1. The summed E-state index contributed by atoms with van der Waals surface area (Å²) in [6, 6.07) is 9.43.